The summed E-state index contributed by atoms with van der Waals surface area (Å²) in [6, 6.07) is 7.68. The molecule has 4 heterocycles. The third-order valence-electron chi connectivity index (χ3n) is 8.24. The second-order valence-electron chi connectivity index (χ2n) is 10.5. The first-order valence-electron chi connectivity index (χ1n) is 13.7. The number of anilines is 2. The van der Waals surface area contributed by atoms with Gasteiger partial charge in [0, 0.05) is 50.0 Å². The third-order valence-corrected chi connectivity index (χ3v) is 8.24. The Morgan fingerprint density at radius 3 is 2.69 bits per heavy atom. The molecule has 0 bridgehead atoms. The normalized spacial score (nSPS) is 21.4. The Kier molecular flexibility index (Phi) is 7.77. The first-order chi connectivity index (χ1) is 17.5. The molecule has 0 amide bonds. The fourth-order valence-electron chi connectivity index (χ4n) is 5.91. The molecule has 7 nitrogen and oxygen atoms in total. The van der Waals surface area contributed by atoms with Gasteiger partial charge in [-0.15, -0.1) is 0 Å². The topological polar surface area (TPSA) is 56.8 Å². The molecule has 2 fully saturated rings. The first kappa shape index (κ1) is 25.0. The summed E-state index contributed by atoms with van der Waals surface area (Å²) >= 11 is 0. The lowest BCUT2D eigenvalue weighted by Gasteiger charge is -2.31. The molecule has 194 valence electrons. The summed E-state index contributed by atoms with van der Waals surface area (Å²) in [6.45, 7) is 14.1. The fourth-order valence-corrected chi connectivity index (χ4v) is 5.91. The molecule has 5 rings (SSSR count). The number of rotatable bonds is 6. The van der Waals surface area contributed by atoms with Gasteiger partial charge in [0.05, 0.1) is 12.2 Å². The predicted molar refractivity (Wildman–Crippen MR) is 148 cm³/mol. The molecule has 0 unspecified atom stereocenters. The quantitative estimate of drug-likeness (QED) is 0.656. The van der Waals surface area contributed by atoms with Crippen LogP contribution in [0.25, 0.3) is 5.57 Å². The highest BCUT2D eigenvalue weighted by Gasteiger charge is 2.27. The summed E-state index contributed by atoms with van der Waals surface area (Å²) in [4.78, 5) is 17.4. The molecule has 0 radical (unpaired) electrons. The maximum absolute atomic E-state index is 6.30. The van der Waals surface area contributed by atoms with Crippen LogP contribution in [0.2, 0.25) is 0 Å². The number of ether oxygens (including phenoxy) is 1. The van der Waals surface area contributed by atoms with Crippen molar-refractivity contribution in [2.45, 2.75) is 59.0 Å². The van der Waals surface area contributed by atoms with Crippen LogP contribution >= 0.6 is 0 Å². The monoisotopic (exact) mass is 490 g/mol. The summed E-state index contributed by atoms with van der Waals surface area (Å²) in [5, 5.41) is 3.48. The molecule has 1 atom stereocenters. The van der Waals surface area contributed by atoms with Gasteiger partial charge >= 0.3 is 6.01 Å². The summed E-state index contributed by atoms with van der Waals surface area (Å²) < 4.78 is 6.30. The third kappa shape index (κ3) is 5.23. The van der Waals surface area contributed by atoms with Crippen molar-refractivity contribution in [1.29, 1.82) is 0 Å². The van der Waals surface area contributed by atoms with Crippen molar-refractivity contribution in [3.05, 3.63) is 46.7 Å². The van der Waals surface area contributed by atoms with E-state index in [-0.39, 0.29) is 0 Å². The summed E-state index contributed by atoms with van der Waals surface area (Å²) in [6.07, 6.45) is 6.71. The van der Waals surface area contributed by atoms with Crippen LogP contribution in [-0.2, 0) is 13.0 Å². The number of benzene rings is 1. The Morgan fingerprint density at radius 1 is 1.11 bits per heavy atom. The van der Waals surface area contributed by atoms with E-state index in [1.807, 2.05) is 0 Å². The Balaban J connectivity index is 1.47. The van der Waals surface area contributed by atoms with E-state index in [4.69, 9.17) is 14.7 Å². The van der Waals surface area contributed by atoms with E-state index in [9.17, 15) is 0 Å². The number of likely N-dealkylation sites (N-methyl/N-ethyl adjacent to an activating group) is 1. The van der Waals surface area contributed by atoms with Crippen molar-refractivity contribution in [1.82, 2.24) is 20.2 Å². The van der Waals surface area contributed by atoms with E-state index >= 15 is 0 Å². The number of piperazine rings is 1. The van der Waals surface area contributed by atoms with Gasteiger partial charge in [0.1, 0.15) is 12.4 Å². The van der Waals surface area contributed by atoms with Crippen LogP contribution in [-0.4, -0.2) is 73.8 Å². The molecular weight excluding hydrogens is 448 g/mol. The average molecular weight is 491 g/mol. The molecule has 1 N–H and O–H groups in total. The van der Waals surface area contributed by atoms with Gasteiger partial charge < -0.3 is 24.8 Å². The molecule has 7 heteroatoms. The average Bonchev–Trinajstić information content (AvgIpc) is 3.19. The van der Waals surface area contributed by atoms with E-state index < -0.39 is 0 Å². The Bertz CT molecular complexity index is 1090. The number of nitrogens with zero attached hydrogens (tertiary/aromatic N) is 5. The molecule has 0 saturated carbocycles. The second kappa shape index (κ2) is 11.2. The minimum atomic E-state index is 0.451. The highest BCUT2D eigenvalue weighted by atomic mass is 16.5. The van der Waals surface area contributed by atoms with Crippen molar-refractivity contribution in [3.63, 3.8) is 0 Å². The number of hydrogen-bond acceptors (Lipinski definition) is 7. The van der Waals surface area contributed by atoms with E-state index in [1.54, 1.807) is 0 Å². The number of allylic oxidation sites excluding steroid dienone is 2. The molecule has 2 aromatic rings. The van der Waals surface area contributed by atoms with E-state index in [0.717, 1.165) is 70.2 Å². The number of nitrogens with one attached hydrogen (secondary N) is 1. The number of aromatic nitrogens is 2. The maximum Gasteiger partial charge on any atom is 0.318 e. The molecule has 3 aliphatic heterocycles. The van der Waals surface area contributed by atoms with Gasteiger partial charge in [-0.3, -0.25) is 0 Å². The number of hydrogen-bond donors (Lipinski definition) is 1. The first-order valence-corrected chi connectivity index (χ1v) is 13.7. The number of fused-ring (bicyclic) bond motifs is 1. The molecule has 2 saturated heterocycles. The van der Waals surface area contributed by atoms with Gasteiger partial charge in [-0.1, -0.05) is 18.2 Å². The van der Waals surface area contributed by atoms with Crippen molar-refractivity contribution < 1.29 is 4.74 Å². The zero-order chi connectivity index (χ0) is 25.1. The highest BCUT2D eigenvalue weighted by Crippen LogP contribution is 2.34. The van der Waals surface area contributed by atoms with Crippen LogP contribution in [0.5, 0.6) is 6.01 Å². The number of likely N-dealkylation sites (tertiary alicyclic amines) is 1. The Hall–Kier alpha value is -2.64. The lowest BCUT2D eigenvalue weighted by molar-refractivity contribution is 0.187. The van der Waals surface area contributed by atoms with Gasteiger partial charge in [-0.05, 0) is 82.8 Å². The molecule has 1 aromatic carbocycles. The summed E-state index contributed by atoms with van der Waals surface area (Å²) in [5.41, 5.74) is 7.72. The van der Waals surface area contributed by atoms with Crippen LogP contribution in [0.3, 0.4) is 0 Å². The van der Waals surface area contributed by atoms with E-state index in [1.165, 1.54) is 40.8 Å². The smallest absolute Gasteiger partial charge is 0.318 e. The Labute approximate surface area is 216 Å². The molecule has 36 heavy (non-hydrogen) atoms. The van der Waals surface area contributed by atoms with Crippen molar-refractivity contribution in [2.75, 3.05) is 62.7 Å². The van der Waals surface area contributed by atoms with Crippen LogP contribution in [0.1, 0.15) is 55.5 Å². The largest absolute Gasteiger partial charge is 0.462 e. The van der Waals surface area contributed by atoms with Gasteiger partial charge in [0.2, 0.25) is 0 Å². The predicted octanol–water partition coefficient (Wildman–Crippen LogP) is 4.04. The van der Waals surface area contributed by atoms with E-state index in [2.05, 4.69) is 72.1 Å². The van der Waals surface area contributed by atoms with Crippen molar-refractivity contribution in [2.24, 2.45) is 0 Å². The van der Waals surface area contributed by atoms with Gasteiger partial charge in [0.25, 0.3) is 0 Å². The molecule has 3 aliphatic rings. The highest BCUT2D eigenvalue weighted by molar-refractivity contribution is 5.72. The second-order valence-corrected chi connectivity index (χ2v) is 10.5. The van der Waals surface area contributed by atoms with Gasteiger partial charge in [0.15, 0.2) is 0 Å². The maximum atomic E-state index is 6.30. The minimum Gasteiger partial charge on any atom is -0.462 e. The van der Waals surface area contributed by atoms with Gasteiger partial charge in [-0.25, -0.2) is 0 Å². The standard InChI is InChI=1S/C29H42N6O/c1-5-21(2)24-10-6-12-27(22(24)3)35-16-8-11-25-26(19-35)31-29(36-20-23-9-7-15-33(23)4)32-28(25)34-17-13-30-14-18-34/h5-6,10,12,23,30H,7-9,11,13-20H2,1-4H3/b21-5-/t23-/m0/s1. The zero-order valence-corrected chi connectivity index (χ0v) is 22.5. The molecule has 1 aromatic heterocycles. The van der Waals surface area contributed by atoms with Gasteiger partial charge in [-0.2, -0.15) is 9.97 Å². The van der Waals surface area contributed by atoms with Crippen LogP contribution in [0, 0.1) is 6.92 Å². The van der Waals surface area contributed by atoms with Crippen molar-refractivity contribution in [3.8, 4) is 6.01 Å². The van der Waals surface area contributed by atoms with Crippen LogP contribution < -0.4 is 19.9 Å². The Morgan fingerprint density at radius 2 is 1.94 bits per heavy atom. The molecule has 0 spiro atoms. The van der Waals surface area contributed by atoms with Crippen LogP contribution in [0.4, 0.5) is 11.5 Å². The molecule has 0 aliphatic carbocycles. The minimum absolute atomic E-state index is 0.451. The lowest BCUT2D eigenvalue weighted by atomic mass is 9.99. The van der Waals surface area contributed by atoms with E-state index in [0.29, 0.717) is 18.7 Å². The zero-order valence-electron chi connectivity index (χ0n) is 22.5. The fraction of sp³-hybridized carbons (Fsp3) is 0.586. The lowest BCUT2D eigenvalue weighted by Crippen LogP contribution is -2.44. The summed E-state index contributed by atoms with van der Waals surface area (Å²) in [5.74, 6) is 1.09. The SMILES string of the molecule is C/C=C(/C)c1cccc(N2CCCc3c(nc(OC[C@@H]4CCCN4C)nc3N3CCNCC3)C2)c1C. The van der Waals surface area contributed by atoms with Crippen molar-refractivity contribution >= 4 is 17.1 Å². The molecular formula is C29H42N6O. The summed E-state index contributed by atoms with van der Waals surface area (Å²) in [7, 11) is 2.19. The van der Waals surface area contributed by atoms with Crippen LogP contribution in [0.15, 0.2) is 24.3 Å².